The third kappa shape index (κ3) is 3.44. The fraction of sp³-hybridized carbons (Fsp3) is 0.316. The zero-order chi connectivity index (χ0) is 18.0. The van der Waals surface area contributed by atoms with Crippen molar-refractivity contribution in [2.24, 2.45) is 11.8 Å². The number of aliphatic hydroxyl groups is 1. The summed E-state index contributed by atoms with van der Waals surface area (Å²) in [7, 11) is 0. The Hall–Kier alpha value is -1.46. The van der Waals surface area contributed by atoms with Crippen LogP contribution in [0.2, 0.25) is 10.0 Å². The second-order valence-electron chi connectivity index (χ2n) is 6.38. The highest BCUT2D eigenvalue weighted by atomic mass is 35.5. The molecule has 2 aromatic carbocycles. The normalized spacial score (nSPS) is 26.4. The lowest BCUT2D eigenvalue weighted by Crippen LogP contribution is -2.23. The number of hydrogen-bond donors (Lipinski definition) is 3. The third-order valence-corrected chi connectivity index (χ3v) is 5.83. The van der Waals surface area contributed by atoms with Gasteiger partial charge < -0.3 is 15.8 Å². The summed E-state index contributed by atoms with van der Waals surface area (Å²) in [5.41, 5.74) is 2.05. The number of halogens is 3. The van der Waals surface area contributed by atoms with E-state index in [1.54, 1.807) is 18.3 Å². The van der Waals surface area contributed by atoms with Gasteiger partial charge in [0.2, 0.25) is 0 Å². The first-order valence-electron chi connectivity index (χ1n) is 8.05. The van der Waals surface area contributed by atoms with Gasteiger partial charge in [0.05, 0.1) is 16.7 Å². The second-order valence-corrected chi connectivity index (χ2v) is 7.20. The van der Waals surface area contributed by atoms with E-state index >= 15 is 0 Å². The molecule has 3 atom stereocenters. The van der Waals surface area contributed by atoms with Gasteiger partial charge in [-0.25, -0.2) is 4.39 Å². The van der Waals surface area contributed by atoms with Crippen LogP contribution in [0.5, 0.6) is 0 Å². The summed E-state index contributed by atoms with van der Waals surface area (Å²) in [6.45, 7) is 1.91. The molecule has 1 aliphatic heterocycles. The maximum atomic E-state index is 12.1. The standard InChI is InChI=1S/C12H12Cl2N2.C7H7FO/c13-10-2-1-7(3-11(10)14)12-6-16-5-9(12)8(12)4-15;8-7-3-1-6(5-9)2-4-7/h1-4,8-9,15-16H,5-6H2;1-4,9H,5H2. The fourth-order valence-electron chi connectivity index (χ4n) is 3.69. The largest absolute Gasteiger partial charge is 0.392 e. The van der Waals surface area contributed by atoms with Crippen LogP contribution >= 0.6 is 23.2 Å². The van der Waals surface area contributed by atoms with Crippen molar-refractivity contribution in [2.45, 2.75) is 12.0 Å². The summed E-state index contributed by atoms with van der Waals surface area (Å²) in [4.78, 5) is 0. The van der Waals surface area contributed by atoms with Gasteiger partial charge in [0.1, 0.15) is 5.82 Å². The van der Waals surface area contributed by atoms with Crippen LogP contribution in [0.4, 0.5) is 4.39 Å². The zero-order valence-corrected chi connectivity index (χ0v) is 15.0. The van der Waals surface area contributed by atoms with E-state index in [4.69, 9.17) is 33.7 Å². The lowest BCUT2D eigenvalue weighted by atomic mass is 9.93. The summed E-state index contributed by atoms with van der Waals surface area (Å²) >= 11 is 12.0. The van der Waals surface area contributed by atoms with Crippen LogP contribution in [0.1, 0.15) is 11.1 Å². The summed E-state index contributed by atoms with van der Waals surface area (Å²) in [5, 5.41) is 20.6. The minimum atomic E-state index is -0.271. The molecule has 1 saturated carbocycles. The van der Waals surface area contributed by atoms with Crippen LogP contribution in [-0.4, -0.2) is 24.4 Å². The molecule has 0 aromatic heterocycles. The van der Waals surface area contributed by atoms with Gasteiger partial charge in [-0.1, -0.05) is 41.4 Å². The van der Waals surface area contributed by atoms with Crippen molar-refractivity contribution < 1.29 is 9.50 Å². The quantitative estimate of drug-likeness (QED) is 0.703. The van der Waals surface area contributed by atoms with Crippen LogP contribution in [0.3, 0.4) is 0 Å². The van der Waals surface area contributed by atoms with Crippen LogP contribution in [0, 0.1) is 23.1 Å². The van der Waals surface area contributed by atoms with Crippen LogP contribution in [-0.2, 0) is 12.0 Å². The van der Waals surface area contributed by atoms with E-state index in [1.165, 1.54) is 17.7 Å². The third-order valence-electron chi connectivity index (χ3n) is 5.10. The Morgan fingerprint density at radius 1 is 1.20 bits per heavy atom. The van der Waals surface area contributed by atoms with E-state index in [0.717, 1.165) is 18.7 Å². The predicted molar refractivity (Wildman–Crippen MR) is 99.1 cm³/mol. The Labute approximate surface area is 156 Å². The summed E-state index contributed by atoms with van der Waals surface area (Å²) in [6, 6.07) is 11.6. The minimum absolute atomic E-state index is 0.0275. The minimum Gasteiger partial charge on any atom is -0.392 e. The molecule has 3 nitrogen and oxygen atoms in total. The van der Waals surface area contributed by atoms with Gasteiger partial charge in [-0.15, -0.1) is 0 Å². The van der Waals surface area contributed by atoms with E-state index in [1.807, 2.05) is 18.2 Å². The molecule has 1 aliphatic carbocycles. The lowest BCUT2D eigenvalue weighted by molar-refractivity contribution is 0.281. The molecule has 132 valence electrons. The first-order chi connectivity index (χ1) is 12.0. The summed E-state index contributed by atoms with van der Waals surface area (Å²) in [5.74, 6) is 0.653. The number of benzene rings is 2. The molecule has 0 radical (unpaired) electrons. The van der Waals surface area contributed by atoms with Gasteiger partial charge in [0.25, 0.3) is 0 Å². The molecule has 0 spiro atoms. The van der Waals surface area contributed by atoms with Crippen LogP contribution in [0.25, 0.3) is 0 Å². The van der Waals surface area contributed by atoms with Gasteiger partial charge >= 0.3 is 0 Å². The van der Waals surface area contributed by atoms with E-state index in [0.29, 0.717) is 21.9 Å². The molecule has 2 aliphatic rings. The zero-order valence-electron chi connectivity index (χ0n) is 13.5. The highest BCUT2D eigenvalue weighted by Gasteiger charge is 2.66. The van der Waals surface area contributed by atoms with Crippen molar-refractivity contribution >= 4 is 29.4 Å². The lowest BCUT2D eigenvalue weighted by Gasteiger charge is -2.14. The van der Waals surface area contributed by atoms with Gasteiger partial charge in [-0.05, 0) is 54.1 Å². The van der Waals surface area contributed by atoms with Crippen molar-refractivity contribution in [3.8, 4) is 0 Å². The molecular weight excluding hydrogens is 362 g/mol. The number of rotatable bonds is 3. The topological polar surface area (TPSA) is 56.1 Å². The second kappa shape index (κ2) is 7.42. The number of piperidine rings is 1. The maximum absolute atomic E-state index is 12.1. The number of hydrogen-bond acceptors (Lipinski definition) is 3. The highest BCUT2D eigenvalue weighted by Crippen LogP contribution is 2.61. The van der Waals surface area contributed by atoms with E-state index in [2.05, 4.69) is 5.32 Å². The van der Waals surface area contributed by atoms with E-state index in [-0.39, 0.29) is 17.8 Å². The van der Waals surface area contributed by atoms with Crippen molar-refractivity contribution in [1.29, 1.82) is 5.41 Å². The van der Waals surface area contributed by atoms with Crippen LogP contribution < -0.4 is 5.32 Å². The van der Waals surface area contributed by atoms with Crippen molar-refractivity contribution in [2.75, 3.05) is 13.1 Å². The monoisotopic (exact) mass is 380 g/mol. The first kappa shape index (κ1) is 18.3. The molecule has 1 saturated heterocycles. The SMILES string of the molecule is N=CC1C2CNCC12c1ccc(Cl)c(Cl)c1.OCc1ccc(F)cc1. The first-order valence-corrected chi connectivity index (χ1v) is 8.80. The molecule has 3 unspecified atom stereocenters. The number of fused-ring (bicyclic) bond motifs is 1. The maximum Gasteiger partial charge on any atom is 0.123 e. The molecule has 0 amide bonds. The van der Waals surface area contributed by atoms with Gasteiger partial charge in [-0.3, -0.25) is 0 Å². The predicted octanol–water partition coefficient (Wildman–Crippen LogP) is 4.05. The molecule has 4 rings (SSSR count). The smallest absolute Gasteiger partial charge is 0.123 e. The average Bonchev–Trinajstić information content (AvgIpc) is 3.03. The molecular formula is C19H19Cl2FN2O. The molecule has 25 heavy (non-hydrogen) atoms. The van der Waals surface area contributed by atoms with Crippen molar-refractivity contribution in [3.63, 3.8) is 0 Å². The molecule has 3 N–H and O–H groups in total. The molecule has 2 fully saturated rings. The Kier molecular flexibility index (Phi) is 5.44. The molecule has 0 bridgehead atoms. The highest BCUT2D eigenvalue weighted by molar-refractivity contribution is 6.42. The van der Waals surface area contributed by atoms with Crippen LogP contribution in [0.15, 0.2) is 42.5 Å². The molecule has 6 heteroatoms. The van der Waals surface area contributed by atoms with Crippen molar-refractivity contribution in [1.82, 2.24) is 5.32 Å². The number of aliphatic hydroxyl groups excluding tert-OH is 1. The molecule has 1 heterocycles. The van der Waals surface area contributed by atoms with E-state index in [9.17, 15) is 4.39 Å². The number of nitrogens with one attached hydrogen (secondary N) is 2. The Morgan fingerprint density at radius 2 is 1.92 bits per heavy atom. The van der Waals surface area contributed by atoms with Gasteiger partial charge in [0, 0.05) is 17.9 Å². The summed E-state index contributed by atoms with van der Waals surface area (Å²) < 4.78 is 12.1. The Bertz CT molecular complexity index is 769. The average molecular weight is 381 g/mol. The Morgan fingerprint density at radius 3 is 2.48 bits per heavy atom. The van der Waals surface area contributed by atoms with Gasteiger partial charge in [0.15, 0.2) is 0 Å². The summed E-state index contributed by atoms with van der Waals surface area (Å²) in [6.07, 6.45) is 1.58. The van der Waals surface area contributed by atoms with E-state index < -0.39 is 0 Å². The Balaban J connectivity index is 0.000000173. The fourth-order valence-corrected chi connectivity index (χ4v) is 3.99. The molecule has 2 aromatic rings. The van der Waals surface area contributed by atoms with Crippen molar-refractivity contribution in [3.05, 3.63) is 69.5 Å². The van der Waals surface area contributed by atoms with Gasteiger partial charge in [-0.2, -0.15) is 0 Å².